The van der Waals surface area contributed by atoms with Crippen molar-refractivity contribution < 1.29 is 29.4 Å². The van der Waals surface area contributed by atoms with E-state index in [1.165, 1.54) is 19.1 Å². The third-order valence-electron chi connectivity index (χ3n) is 5.19. The number of aromatic hydroxyl groups is 1. The van der Waals surface area contributed by atoms with Crippen LogP contribution in [0.1, 0.15) is 18.1 Å². The number of benzene rings is 2. The maximum Gasteiger partial charge on any atom is 0.325 e. The second-order valence-corrected chi connectivity index (χ2v) is 8.41. The van der Waals surface area contributed by atoms with Crippen molar-refractivity contribution >= 4 is 36.3 Å². The summed E-state index contributed by atoms with van der Waals surface area (Å²) < 4.78 is 0. The molecule has 0 saturated carbocycles. The number of nitrogens with one attached hydrogen (secondary N) is 3. The summed E-state index contributed by atoms with van der Waals surface area (Å²) in [6.45, 7) is 1.30. The van der Waals surface area contributed by atoms with Gasteiger partial charge in [-0.05, 0) is 30.2 Å². The molecule has 3 amide bonds. The van der Waals surface area contributed by atoms with Crippen molar-refractivity contribution in [3.63, 3.8) is 0 Å². The highest BCUT2D eigenvalue weighted by Crippen LogP contribution is 2.12. The highest BCUT2D eigenvalue weighted by atomic mass is 32.1. The number of thiol groups is 1. The van der Waals surface area contributed by atoms with E-state index < -0.39 is 47.9 Å². The highest BCUT2D eigenvalue weighted by Gasteiger charge is 2.29. The Morgan fingerprint density at radius 2 is 1.31 bits per heavy atom. The van der Waals surface area contributed by atoms with E-state index in [-0.39, 0.29) is 24.3 Å². The Hall–Kier alpha value is -3.57. The Bertz CT molecular complexity index is 1020. The summed E-state index contributed by atoms with van der Waals surface area (Å²) >= 11 is 4.02. The number of phenolic OH excluding ortho intramolecular Hbond substituents is 1. The summed E-state index contributed by atoms with van der Waals surface area (Å²) in [6, 6.07) is 10.7. The van der Waals surface area contributed by atoms with Crippen LogP contribution in [0, 0.1) is 0 Å². The Labute approximate surface area is 208 Å². The molecule has 11 heteroatoms. The number of carbonyl (C=O) groups is 4. The van der Waals surface area contributed by atoms with Crippen molar-refractivity contribution in [2.45, 2.75) is 43.9 Å². The fourth-order valence-corrected chi connectivity index (χ4v) is 3.31. The van der Waals surface area contributed by atoms with Gasteiger partial charge in [-0.15, -0.1) is 0 Å². The number of rotatable bonds is 12. The minimum Gasteiger partial charge on any atom is -0.508 e. The zero-order valence-corrected chi connectivity index (χ0v) is 20.1. The van der Waals surface area contributed by atoms with E-state index in [9.17, 15) is 24.3 Å². The van der Waals surface area contributed by atoms with Gasteiger partial charge in [0, 0.05) is 18.6 Å². The first-order valence-corrected chi connectivity index (χ1v) is 11.6. The lowest BCUT2D eigenvalue weighted by Gasteiger charge is -2.25. The van der Waals surface area contributed by atoms with Gasteiger partial charge in [0.15, 0.2) is 0 Å². The molecule has 0 fully saturated rings. The largest absolute Gasteiger partial charge is 0.508 e. The molecule has 10 nitrogen and oxygen atoms in total. The van der Waals surface area contributed by atoms with Crippen LogP contribution in [0.4, 0.5) is 0 Å². The number of phenols is 1. The predicted octanol–water partition coefficient (Wildman–Crippen LogP) is -0.00660. The van der Waals surface area contributed by atoms with Gasteiger partial charge < -0.3 is 31.9 Å². The van der Waals surface area contributed by atoms with Crippen molar-refractivity contribution in [3.8, 4) is 5.75 Å². The van der Waals surface area contributed by atoms with Crippen LogP contribution in [0.3, 0.4) is 0 Å². The van der Waals surface area contributed by atoms with Gasteiger partial charge >= 0.3 is 5.97 Å². The number of carbonyl (C=O) groups excluding carboxylic acids is 3. The lowest BCUT2D eigenvalue weighted by Crippen LogP contribution is -2.58. The average molecular weight is 503 g/mol. The molecule has 2 aromatic carbocycles. The van der Waals surface area contributed by atoms with Crippen LogP contribution < -0.4 is 21.7 Å². The fraction of sp³-hybridized carbons (Fsp3) is 0.333. The van der Waals surface area contributed by atoms with Crippen LogP contribution in [-0.4, -0.2) is 63.8 Å². The number of aliphatic carboxylic acids is 1. The van der Waals surface area contributed by atoms with E-state index >= 15 is 0 Å². The first-order chi connectivity index (χ1) is 16.6. The lowest BCUT2D eigenvalue weighted by atomic mass is 10.0. The van der Waals surface area contributed by atoms with E-state index in [0.717, 1.165) is 5.56 Å². The number of amides is 3. The normalized spacial score (nSPS) is 14.1. The zero-order chi connectivity index (χ0) is 26.0. The summed E-state index contributed by atoms with van der Waals surface area (Å²) in [5.41, 5.74) is 7.13. The van der Waals surface area contributed by atoms with E-state index in [4.69, 9.17) is 10.8 Å². The third kappa shape index (κ3) is 8.95. The van der Waals surface area contributed by atoms with Crippen molar-refractivity contribution in [2.75, 3.05) is 5.75 Å². The van der Waals surface area contributed by atoms with Crippen LogP contribution in [-0.2, 0) is 32.0 Å². The first kappa shape index (κ1) is 27.7. The lowest BCUT2D eigenvalue weighted by molar-refractivity contribution is -0.141. The number of carboxylic acid groups (broad SMARTS) is 1. The van der Waals surface area contributed by atoms with E-state index in [2.05, 4.69) is 28.6 Å². The van der Waals surface area contributed by atoms with Gasteiger partial charge in [0.05, 0.1) is 6.04 Å². The summed E-state index contributed by atoms with van der Waals surface area (Å²) in [5.74, 6) is -3.05. The van der Waals surface area contributed by atoms with Gasteiger partial charge in [0.2, 0.25) is 17.7 Å². The first-order valence-electron chi connectivity index (χ1n) is 10.9. The highest BCUT2D eigenvalue weighted by molar-refractivity contribution is 7.80. The summed E-state index contributed by atoms with van der Waals surface area (Å²) in [5, 5.41) is 26.2. The molecule has 4 unspecified atom stereocenters. The van der Waals surface area contributed by atoms with Crippen molar-refractivity contribution in [1.29, 1.82) is 0 Å². The van der Waals surface area contributed by atoms with Crippen LogP contribution in [0.2, 0.25) is 0 Å². The Kier molecular flexibility index (Phi) is 10.6. The zero-order valence-electron chi connectivity index (χ0n) is 19.2. The van der Waals surface area contributed by atoms with Gasteiger partial charge in [-0.2, -0.15) is 12.6 Å². The molecule has 7 N–H and O–H groups in total. The van der Waals surface area contributed by atoms with Gasteiger partial charge in [-0.1, -0.05) is 42.5 Å². The van der Waals surface area contributed by atoms with Crippen molar-refractivity contribution in [2.24, 2.45) is 5.73 Å². The maximum atomic E-state index is 13.3. The third-order valence-corrected chi connectivity index (χ3v) is 5.58. The molecule has 35 heavy (non-hydrogen) atoms. The molecule has 2 aromatic rings. The van der Waals surface area contributed by atoms with Crippen LogP contribution >= 0.6 is 12.6 Å². The number of carboxylic acids is 1. The molecule has 4 atom stereocenters. The summed E-state index contributed by atoms with van der Waals surface area (Å²) in [4.78, 5) is 49.7. The van der Waals surface area contributed by atoms with Gasteiger partial charge in [-0.3, -0.25) is 19.2 Å². The number of nitrogens with two attached hydrogens (primary N) is 1. The minimum absolute atomic E-state index is 0.0202. The van der Waals surface area contributed by atoms with Crippen LogP contribution in [0.25, 0.3) is 0 Å². The maximum absolute atomic E-state index is 13.3. The van der Waals surface area contributed by atoms with Crippen LogP contribution in [0.15, 0.2) is 54.6 Å². The molecule has 0 radical (unpaired) electrons. The Morgan fingerprint density at radius 1 is 0.829 bits per heavy atom. The number of hydrogen-bond donors (Lipinski definition) is 7. The van der Waals surface area contributed by atoms with E-state index in [1.54, 1.807) is 36.4 Å². The number of hydrogen-bond acceptors (Lipinski definition) is 7. The minimum atomic E-state index is -1.23. The molecule has 0 aliphatic carbocycles. The van der Waals surface area contributed by atoms with Crippen molar-refractivity contribution in [3.05, 3.63) is 65.7 Å². The second-order valence-electron chi connectivity index (χ2n) is 8.04. The fourth-order valence-electron chi connectivity index (χ4n) is 3.15. The molecule has 0 aliphatic rings. The quantitative estimate of drug-likeness (QED) is 0.200. The molecule has 0 aliphatic heterocycles. The second kappa shape index (κ2) is 13.4. The molecule has 188 valence electrons. The molecule has 0 aromatic heterocycles. The monoisotopic (exact) mass is 502 g/mol. The molecule has 0 saturated heterocycles. The molecule has 0 heterocycles. The predicted molar refractivity (Wildman–Crippen MR) is 133 cm³/mol. The van der Waals surface area contributed by atoms with Gasteiger partial charge in [0.25, 0.3) is 0 Å². The molecule has 0 spiro atoms. The summed E-state index contributed by atoms with van der Waals surface area (Å²) in [6.07, 6.45) is 0.156. The van der Waals surface area contributed by atoms with Crippen molar-refractivity contribution in [1.82, 2.24) is 16.0 Å². The SMILES string of the molecule is CC(NC(=O)C(Cc1ccc(O)cc1)NC(=O)C(Cc1ccccc1)NC(=O)C(N)CS)C(=O)O. The molecular weight excluding hydrogens is 472 g/mol. The van der Waals surface area contributed by atoms with E-state index in [1.807, 2.05) is 6.07 Å². The Morgan fingerprint density at radius 3 is 1.83 bits per heavy atom. The summed E-state index contributed by atoms with van der Waals surface area (Å²) in [7, 11) is 0. The van der Waals surface area contributed by atoms with E-state index in [0.29, 0.717) is 5.56 Å². The van der Waals surface area contributed by atoms with Crippen LogP contribution in [0.5, 0.6) is 5.75 Å². The topological polar surface area (TPSA) is 171 Å². The molecule has 0 bridgehead atoms. The average Bonchev–Trinajstić information content (AvgIpc) is 2.84. The molecule has 2 rings (SSSR count). The molecular formula is C24H30N4O6S. The Balaban J connectivity index is 2.27. The standard InChI is InChI=1S/C24H30N4O6S/c1-14(24(33)34)26-22(31)19(12-16-7-9-17(29)10-8-16)28-23(32)20(27-21(30)18(25)13-35)11-15-5-3-2-4-6-15/h2-10,14,18-20,29,35H,11-13,25H2,1H3,(H,26,31)(H,27,30)(H,28,32)(H,33,34). The van der Waals surface area contributed by atoms with Gasteiger partial charge in [-0.25, -0.2) is 0 Å². The van der Waals surface area contributed by atoms with Gasteiger partial charge in [0.1, 0.15) is 23.9 Å². The smallest absolute Gasteiger partial charge is 0.325 e.